The largest absolute Gasteiger partial charge is 0.312 e. The van der Waals surface area contributed by atoms with Crippen LogP contribution in [0.15, 0.2) is 24.4 Å². The molecule has 0 amide bonds. The fourth-order valence-electron chi connectivity index (χ4n) is 2.45. The van der Waals surface area contributed by atoms with Gasteiger partial charge in [0.2, 0.25) is 0 Å². The van der Waals surface area contributed by atoms with Gasteiger partial charge in [-0.3, -0.25) is 9.88 Å². The Balaban J connectivity index is 1.72. The Kier molecular flexibility index (Phi) is 5.51. The molecule has 5 nitrogen and oxygen atoms in total. The Labute approximate surface area is 121 Å². The maximum Gasteiger partial charge on any atom is 0.151 e. The van der Waals surface area contributed by atoms with E-state index in [0.717, 1.165) is 38.3 Å². The van der Waals surface area contributed by atoms with E-state index in [9.17, 15) is 8.42 Å². The minimum absolute atomic E-state index is 0.133. The summed E-state index contributed by atoms with van der Waals surface area (Å²) in [6, 6.07) is 6.08. The lowest BCUT2D eigenvalue weighted by molar-refractivity contribution is 0.272. The number of hydrogen-bond donors (Lipinski definition) is 1. The van der Waals surface area contributed by atoms with Crippen molar-refractivity contribution in [2.45, 2.75) is 25.9 Å². The van der Waals surface area contributed by atoms with Gasteiger partial charge in [-0.1, -0.05) is 13.0 Å². The third-order valence-electron chi connectivity index (χ3n) is 3.65. The number of nitrogens with one attached hydrogen (secondary N) is 1. The van der Waals surface area contributed by atoms with Crippen LogP contribution in [0.1, 0.15) is 19.0 Å². The number of hydrogen-bond acceptors (Lipinski definition) is 5. The molecular formula is C14H23N3O2S. The molecule has 0 aliphatic carbocycles. The molecule has 1 atom stereocenters. The van der Waals surface area contributed by atoms with Crippen LogP contribution in [0.2, 0.25) is 0 Å². The lowest BCUT2D eigenvalue weighted by atomic mass is 10.2. The number of sulfone groups is 1. The minimum Gasteiger partial charge on any atom is -0.312 e. The topological polar surface area (TPSA) is 62.3 Å². The van der Waals surface area contributed by atoms with Crippen molar-refractivity contribution < 1.29 is 8.42 Å². The minimum atomic E-state index is -2.79. The predicted molar refractivity (Wildman–Crippen MR) is 80.2 cm³/mol. The molecule has 0 aromatic carbocycles. The van der Waals surface area contributed by atoms with Gasteiger partial charge in [-0.15, -0.1) is 0 Å². The number of likely N-dealkylation sites (N-methyl/N-ethyl adjacent to an activating group) is 1. The number of rotatable bonds is 7. The molecule has 1 aromatic rings. The molecular weight excluding hydrogens is 274 g/mol. The van der Waals surface area contributed by atoms with E-state index in [-0.39, 0.29) is 6.04 Å². The van der Waals surface area contributed by atoms with Crippen LogP contribution in [-0.4, -0.2) is 55.5 Å². The molecule has 0 bridgehead atoms. The van der Waals surface area contributed by atoms with Gasteiger partial charge in [0.25, 0.3) is 0 Å². The van der Waals surface area contributed by atoms with Crippen molar-refractivity contribution in [3.05, 3.63) is 30.1 Å². The molecule has 0 radical (unpaired) electrons. The maximum atomic E-state index is 11.4. The summed E-state index contributed by atoms with van der Waals surface area (Å²) in [5.41, 5.74) is 1.07. The smallest absolute Gasteiger partial charge is 0.151 e. The van der Waals surface area contributed by atoms with Gasteiger partial charge in [-0.05, 0) is 25.1 Å². The number of aromatic nitrogens is 1. The molecule has 1 aromatic heterocycles. The third kappa shape index (κ3) is 4.85. The van der Waals surface area contributed by atoms with Gasteiger partial charge >= 0.3 is 0 Å². The van der Waals surface area contributed by atoms with Crippen LogP contribution in [0.25, 0.3) is 0 Å². The molecule has 6 heteroatoms. The summed E-state index contributed by atoms with van der Waals surface area (Å²) in [4.78, 5) is 6.63. The molecule has 20 heavy (non-hydrogen) atoms. The first-order valence-electron chi connectivity index (χ1n) is 7.15. The lowest BCUT2D eigenvalue weighted by Gasteiger charge is -2.21. The summed E-state index contributed by atoms with van der Waals surface area (Å²) in [7, 11) is -2.79. The highest BCUT2D eigenvalue weighted by Crippen LogP contribution is 2.10. The van der Waals surface area contributed by atoms with Gasteiger partial charge < -0.3 is 5.32 Å². The highest BCUT2D eigenvalue weighted by Gasteiger charge is 2.27. The van der Waals surface area contributed by atoms with Crippen LogP contribution in [0.4, 0.5) is 0 Å². The van der Waals surface area contributed by atoms with Gasteiger partial charge in [0.1, 0.15) is 0 Å². The van der Waals surface area contributed by atoms with Gasteiger partial charge in [0.15, 0.2) is 9.84 Å². The zero-order chi connectivity index (χ0) is 14.4. The SMILES string of the molecule is CCN(CCNC1CCS(=O)(=O)C1)Cc1ccccn1. The molecule has 1 aliphatic heterocycles. The van der Waals surface area contributed by atoms with E-state index in [0.29, 0.717) is 11.5 Å². The average molecular weight is 297 g/mol. The van der Waals surface area contributed by atoms with Gasteiger partial charge in [0.05, 0.1) is 17.2 Å². The van der Waals surface area contributed by atoms with E-state index in [1.165, 1.54) is 0 Å². The van der Waals surface area contributed by atoms with Crippen LogP contribution in [-0.2, 0) is 16.4 Å². The van der Waals surface area contributed by atoms with Gasteiger partial charge in [0, 0.05) is 31.9 Å². The molecule has 1 fully saturated rings. The van der Waals surface area contributed by atoms with Gasteiger partial charge in [-0.25, -0.2) is 8.42 Å². The number of nitrogens with zero attached hydrogens (tertiary/aromatic N) is 2. The van der Waals surface area contributed by atoms with E-state index in [4.69, 9.17) is 0 Å². The fourth-order valence-corrected chi connectivity index (χ4v) is 4.16. The second kappa shape index (κ2) is 7.15. The summed E-state index contributed by atoms with van der Waals surface area (Å²) in [6.45, 7) is 5.65. The molecule has 112 valence electrons. The molecule has 2 heterocycles. The molecule has 1 N–H and O–H groups in total. The monoisotopic (exact) mass is 297 g/mol. The Morgan fingerprint density at radius 2 is 2.30 bits per heavy atom. The van der Waals surface area contributed by atoms with Crippen molar-refractivity contribution in [1.29, 1.82) is 0 Å². The molecule has 0 saturated carbocycles. The lowest BCUT2D eigenvalue weighted by Crippen LogP contribution is -2.37. The maximum absolute atomic E-state index is 11.4. The number of pyridine rings is 1. The van der Waals surface area contributed by atoms with Crippen molar-refractivity contribution in [3.8, 4) is 0 Å². The van der Waals surface area contributed by atoms with Crippen LogP contribution in [0, 0.1) is 0 Å². The third-order valence-corrected chi connectivity index (χ3v) is 5.42. The van der Waals surface area contributed by atoms with Crippen molar-refractivity contribution in [2.75, 3.05) is 31.1 Å². The summed E-state index contributed by atoms with van der Waals surface area (Å²) >= 11 is 0. The molecule has 2 rings (SSSR count). The van der Waals surface area contributed by atoms with Crippen molar-refractivity contribution in [2.24, 2.45) is 0 Å². The van der Waals surface area contributed by atoms with Crippen LogP contribution < -0.4 is 5.32 Å². The van der Waals surface area contributed by atoms with Crippen molar-refractivity contribution in [3.63, 3.8) is 0 Å². The highest BCUT2D eigenvalue weighted by atomic mass is 32.2. The van der Waals surface area contributed by atoms with Crippen LogP contribution in [0.5, 0.6) is 0 Å². The van der Waals surface area contributed by atoms with Crippen molar-refractivity contribution in [1.82, 2.24) is 15.2 Å². The first-order valence-corrected chi connectivity index (χ1v) is 8.97. The Hall–Kier alpha value is -0.980. The van der Waals surface area contributed by atoms with Gasteiger partial charge in [-0.2, -0.15) is 0 Å². The first-order chi connectivity index (χ1) is 9.59. The van der Waals surface area contributed by atoms with E-state index < -0.39 is 9.84 Å². The van der Waals surface area contributed by atoms with E-state index >= 15 is 0 Å². The van der Waals surface area contributed by atoms with E-state index in [1.54, 1.807) is 0 Å². The van der Waals surface area contributed by atoms with Crippen LogP contribution in [0.3, 0.4) is 0 Å². The second-order valence-electron chi connectivity index (χ2n) is 5.24. The van der Waals surface area contributed by atoms with Crippen molar-refractivity contribution >= 4 is 9.84 Å². The Morgan fingerprint density at radius 3 is 2.90 bits per heavy atom. The van der Waals surface area contributed by atoms with E-state index in [2.05, 4.69) is 22.1 Å². The zero-order valence-electron chi connectivity index (χ0n) is 12.0. The predicted octanol–water partition coefficient (Wildman–Crippen LogP) is 0.680. The van der Waals surface area contributed by atoms with Crippen LogP contribution >= 0.6 is 0 Å². The molecule has 1 aliphatic rings. The second-order valence-corrected chi connectivity index (χ2v) is 7.47. The summed E-state index contributed by atoms with van der Waals surface area (Å²) in [6.07, 6.45) is 2.56. The quantitative estimate of drug-likeness (QED) is 0.802. The molecule has 1 saturated heterocycles. The standard InChI is InChI=1S/C14H23N3O2S/c1-2-17(11-13-5-3-4-7-15-13)9-8-16-14-6-10-20(18,19)12-14/h3-5,7,14,16H,2,6,8-12H2,1H3. The zero-order valence-corrected chi connectivity index (χ0v) is 12.8. The highest BCUT2D eigenvalue weighted by molar-refractivity contribution is 7.91. The fraction of sp³-hybridized carbons (Fsp3) is 0.643. The first kappa shape index (κ1) is 15.4. The van der Waals surface area contributed by atoms with E-state index in [1.807, 2.05) is 24.4 Å². The summed E-state index contributed by atoms with van der Waals surface area (Å²) < 4.78 is 22.8. The summed E-state index contributed by atoms with van der Waals surface area (Å²) in [5, 5.41) is 3.35. The summed E-state index contributed by atoms with van der Waals surface area (Å²) in [5.74, 6) is 0.620. The molecule has 0 spiro atoms. The Morgan fingerprint density at radius 1 is 1.45 bits per heavy atom. The molecule has 1 unspecified atom stereocenters. The normalized spacial score (nSPS) is 21.4. The Bertz CT molecular complexity index is 504. The average Bonchev–Trinajstić information content (AvgIpc) is 2.78.